The number of carbonyl (C=O) groups excluding carboxylic acids is 1. The van der Waals surface area contributed by atoms with Crippen molar-refractivity contribution in [2.24, 2.45) is 5.73 Å². The molecule has 0 amide bonds. The van der Waals surface area contributed by atoms with E-state index in [0.29, 0.717) is 5.70 Å². The van der Waals surface area contributed by atoms with Crippen molar-refractivity contribution in [2.75, 3.05) is 0 Å². The maximum absolute atomic E-state index is 9.89. The fourth-order valence-corrected chi connectivity index (χ4v) is 0.750. The number of hydrogen-bond acceptors (Lipinski definition) is 2. The Morgan fingerprint density at radius 1 is 1.50 bits per heavy atom. The maximum atomic E-state index is 9.89. The lowest BCUT2D eigenvalue weighted by atomic mass is 10.1. The van der Waals surface area contributed by atoms with Crippen LogP contribution in [0.25, 0.3) is 0 Å². The summed E-state index contributed by atoms with van der Waals surface area (Å²) in [4.78, 5) is 9.89. The van der Waals surface area contributed by atoms with Crippen LogP contribution in [0.2, 0.25) is 0 Å². The Hall–Kier alpha value is -0.790. The van der Waals surface area contributed by atoms with Crippen molar-refractivity contribution in [1.29, 1.82) is 0 Å². The average Bonchev–Trinajstić information content (AvgIpc) is 1.89. The first-order valence-electron chi connectivity index (χ1n) is 3.71. The molecule has 0 heterocycles. The zero-order valence-electron chi connectivity index (χ0n) is 6.47. The third-order valence-electron chi connectivity index (χ3n) is 1.35. The highest BCUT2D eigenvalue weighted by Gasteiger charge is 1.88. The second-order valence-electron chi connectivity index (χ2n) is 2.33. The molecule has 0 rings (SSSR count). The van der Waals surface area contributed by atoms with Crippen molar-refractivity contribution in [3.8, 4) is 0 Å². The minimum absolute atomic E-state index is 0.698. The highest BCUT2D eigenvalue weighted by Crippen LogP contribution is 2.02. The van der Waals surface area contributed by atoms with E-state index in [2.05, 4.69) is 6.92 Å². The first-order valence-corrected chi connectivity index (χ1v) is 3.71. The molecule has 10 heavy (non-hydrogen) atoms. The molecule has 0 fully saturated rings. The van der Waals surface area contributed by atoms with Crippen LogP contribution < -0.4 is 5.73 Å². The van der Waals surface area contributed by atoms with Gasteiger partial charge in [-0.05, 0) is 18.9 Å². The molecule has 0 aliphatic carbocycles. The van der Waals surface area contributed by atoms with Gasteiger partial charge in [0.2, 0.25) is 0 Å². The number of allylic oxidation sites excluding steroid dienone is 2. The van der Waals surface area contributed by atoms with Gasteiger partial charge < -0.3 is 5.73 Å². The molecule has 0 saturated carbocycles. The Balaban J connectivity index is 3.29. The molecule has 0 aromatic carbocycles. The zero-order valence-corrected chi connectivity index (χ0v) is 6.47. The molecule has 0 radical (unpaired) electrons. The lowest BCUT2D eigenvalue weighted by molar-refractivity contribution is -0.104. The summed E-state index contributed by atoms with van der Waals surface area (Å²) in [7, 11) is 0. The molecule has 0 bridgehead atoms. The number of carbonyl (C=O) groups is 1. The van der Waals surface area contributed by atoms with Crippen LogP contribution in [0.3, 0.4) is 0 Å². The Bertz CT molecular complexity index is 118. The molecule has 2 heteroatoms. The quantitative estimate of drug-likeness (QED) is 0.359. The maximum Gasteiger partial charge on any atom is 0.144 e. The Morgan fingerprint density at radius 3 is 2.70 bits per heavy atom. The lowest BCUT2D eigenvalue weighted by Gasteiger charge is -1.96. The van der Waals surface area contributed by atoms with Gasteiger partial charge >= 0.3 is 0 Å². The second kappa shape index (κ2) is 6.33. The molecule has 0 aromatic heterocycles. The second-order valence-corrected chi connectivity index (χ2v) is 2.33. The molecule has 0 atom stereocenters. The fourth-order valence-electron chi connectivity index (χ4n) is 0.750. The van der Waals surface area contributed by atoms with Gasteiger partial charge in [0.05, 0.1) is 0 Å². The number of rotatable bonds is 5. The van der Waals surface area contributed by atoms with E-state index in [1.165, 1.54) is 18.9 Å². The van der Waals surface area contributed by atoms with Crippen LogP contribution in [0.1, 0.15) is 32.6 Å². The third-order valence-corrected chi connectivity index (χ3v) is 1.35. The topological polar surface area (TPSA) is 43.1 Å². The number of aldehydes is 1. The summed E-state index contributed by atoms with van der Waals surface area (Å²) in [5, 5.41) is 0. The van der Waals surface area contributed by atoms with E-state index < -0.39 is 0 Å². The van der Waals surface area contributed by atoms with Crippen molar-refractivity contribution in [3.05, 3.63) is 11.8 Å². The standard InChI is InChI=1S/C8H15NO/c1-2-3-4-5-8(9)6-7-10/h6-7H,2-5,9H2,1H3/b8-6+. The molecule has 0 aliphatic rings. The minimum atomic E-state index is 0.698. The normalized spacial score (nSPS) is 11.5. The van der Waals surface area contributed by atoms with Gasteiger partial charge in [-0.15, -0.1) is 0 Å². The molecule has 2 nitrogen and oxygen atoms in total. The van der Waals surface area contributed by atoms with Crippen molar-refractivity contribution < 1.29 is 4.79 Å². The highest BCUT2D eigenvalue weighted by atomic mass is 16.1. The molecule has 58 valence electrons. The smallest absolute Gasteiger partial charge is 0.144 e. The van der Waals surface area contributed by atoms with Gasteiger partial charge in [-0.2, -0.15) is 0 Å². The van der Waals surface area contributed by atoms with Gasteiger partial charge in [0.25, 0.3) is 0 Å². The highest BCUT2D eigenvalue weighted by molar-refractivity contribution is 5.65. The molecule has 0 unspecified atom stereocenters. The van der Waals surface area contributed by atoms with Crippen LogP contribution in [0.5, 0.6) is 0 Å². The minimum Gasteiger partial charge on any atom is -0.402 e. The number of unbranched alkanes of at least 4 members (excludes halogenated alkanes) is 2. The van der Waals surface area contributed by atoms with Gasteiger partial charge in [-0.1, -0.05) is 19.8 Å². The van der Waals surface area contributed by atoms with Crippen molar-refractivity contribution in [2.45, 2.75) is 32.6 Å². The van der Waals surface area contributed by atoms with Gasteiger partial charge in [-0.25, -0.2) is 0 Å². The molecule has 2 N–H and O–H groups in total. The van der Waals surface area contributed by atoms with Crippen LogP contribution in [-0.2, 0) is 4.79 Å². The monoisotopic (exact) mass is 141 g/mol. The molecular formula is C8H15NO. The van der Waals surface area contributed by atoms with Crippen molar-refractivity contribution >= 4 is 6.29 Å². The first kappa shape index (κ1) is 9.21. The van der Waals surface area contributed by atoms with E-state index in [0.717, 1.165) is 19.1 Å². The molecule has 0 spiro atoms. The number of nitrogens with two attached hydrogens (primary N) is 1. The first-order chi connectivity index (χ1) is 4.81. The summed E-state index contributed by atoms with van der Waals surface area (Å²) in [6.07, 6.45) is 6.48. The van der Waals surface area contributed by atoms with E-state index in [1.807, 2.05) is 0 Å². The Kier molecular flexibility index (Phi) is 5.83. The summed E-state index contributed by atoms with van der Waals surface area (Å²) in [6, 6.07) is 0. The molecule has 0 aromatic rings. The zero-order chi connectivity index (χ0) is 7.82. The van der Waals surface area contributed by atoms with Crippen LogP contribution in [-0.4, -0.2) is 6.29 Å². The average molecular weight is 141 g/mol. The predicted octanol–water partition coefficient (Wildman–Crippen LogP) is 1.61. The predicted molar refractivity (Wildman–Crippen MR) is 42.5 cm³/mol. The van der Waals surface area contributed by atoms with Crippen LogP contribution in [0.4, 0.5) is 0 Å². The van der Waals surface area contributed by atoms with Gasteiger partial charge in [0.1, 0.15) is 6.29 Å². The van der Waals surface area contributed by atoms with E-state index in [1.54, 1.807) is 0 Å². The molecular weight excluding hydrogens is 126 g/mol. The summed E-state index contributed by atoms with van der Waals surface area (Å²) >= 11 is 0. The van der Waals surface area contributed by atoms with Crippen molar-refractivity contribution in [3.63, 3.8) is 0 Å². The Labute approximate surface area is 62.1 Å². The van der Waals surface area contributed by atoms with Crippen molar-refractivity contribution in [1.82, 2.24) is 0 Å². The molecule has 0 saturated heterocycles. The van der Waals surface area contributed by atoms with Gasteiger partial charge in [0, 0.05) is 5.70 Å². The van der Waals surface area contributed by atoms with Crippen LogP contribution in [0, 0.1) is 0 Å². The van der Waals surface area contributed by atoms with E-state index >= 15 is 0 Å². The summed E-state index contributed by atoms with van der Waals surface area (Å²) < 4.78 is 0. The summed E-state index contributed by atoms with van der Waals surface area (Å²) in [6.45, 7) is 2.14. The lowest BCUT2D eigenvalue weighted by Crippen LogP contribution is -1.96. The van der Waals surface area contributed by atoms with E-state index in [9.17, 15) is 4.79 Å². The third kappa shape index (κ3) is 5.35. The van der Waals surface area contributed by atoms with Gasteiger partial charge in [-0.3, -0.25) is 4.79 Å². The van der Waals surface area contributed by atoms with E-state index in [4.69, 9.17) is 5.73 Å². The number of hydrogen-bond donors (Lipinski definition) is 1. The van der Waals surface area contributed by atoms with Crippen LogP contribution in [0.15, 0.2) is 11.8 Å². The van der Waals surface area contributed by atoms with Crippen LogP contribution >= 0.6 is 0 Å². The fraction of sp³-hybridized carbons (Fsp3) is 0.625. The SMILES string of the molecule is CCCCC/C(N)=C\C=O. The Morgan fingerprint density at radius 2 is 2.20 bits per heavy atom. The van der Waals surface area contributed by atoms with Gasteiger partial charge in [0.15, 0.2) is 0 Å². The summed E-state index contributed by atoms with van der Waals surface area (Å²) in [5.41, 5.74) is 6.15. The molecule has 0 aliphatic heterocycles. The van der Waals surface area contributed by atoms with E-state index in [-0.39, 0.29) is 0 Å². The largest absolute Gasteiger partial charge is 0.402 e. The summed E-state index contributed by atoms with van der Waals surface area (Å²) in [5.74, 6) is 0.